The molecule has 2 heterocycles. The highest BCUT2D eigenvalue weighted by Crippen LogP contribution is 2.32. The van der Waals surface area contributed by atoms with Gasteiger partial charge in [0.25, 0.3) is 0 Å². The molecule has 0 unspecified atom stereocenters. The van der Waals surface area contributed by atoms with Gasteiger partial charge < -0.3 is 5.32 Å². The number of hydrogen-bond acceptors (Lipinski definition) is 3. The van der Waals surface area contributed by atoms with Crippen molar-refractivity contribution < 1.29 is 0 Å². The van der Waals surface area contributed by atoms with Crippen molar-refractivity contribution in [2.45, 2.75) is 64.5 Å². The molecule has 0 saturated heterocycles. The summed E-state index contributed by atoms with van der Waals surface area (Å²) in [6.45, 7) is 7.33. The van der Waals surface area contributed by atoms with Gasteiger partial charge in [-0.05, 0) is 31.0 Å². The normalized spacial score (nSPS) is 15.7. The number of pyridine rings is 1. The Bertz CT molecular complexity index is 934. The average Bonchev–Trinajstić information content (AvgIpc) is 3.27. The number of fused-ring (bicyclic) bond motifs is 1. The third-order valence-electron chi connectivity index (χ3n) is 5.33. The van der Waals surface area contributed by atoms with E-state index in [0.717, 1.165) is 34.5 Å². The number of nitrogens with one attached hydrogen (secondary N) is 1. The summed E-state index contributed by atoms with van der Waals surface area (Å²) in [6.07, 6.45) is 5.15. The standard InChI is InChI=1S/C22H27ClN4/c1-22(2,3)19-18-13-15(14-24-16-9-7-8-10-16)20(23)25-21(18)27(26-19)17-11-5-4-6-12-17/h4-6,11-13,16,24H,7-10,14H2,1-3H3. The van der Waals surface area contributed by atoms with Crippen LogP contribution in [0.4, 0.5) is 0 Å². The highest BCUT2D eigenvalue weighted by molar-refractivity contribution is 6.30. The number of benzene rings is 1. The summed E-state index contributed by atoms with van der Waals surface area (Å²) in [5, 5.41) is 10.2. The van der Waals surface area contributed by atoms with Crippen LogP contribution in [0.15, 0.2) is 36.4 Å². The minimum Gasteiger partial charge on any atom is -0.310 e. The maximum absolute atomic E-state index is 6.58. The van der Waals surface area contributed by atoms with Gasteiger partial charge in [-0.3, -0.25) is 0 Å². The van der Waals surface area contributed by atoms with Gasteiger partial charge in [-0.15, -0.1) is 0 Å². The number of rotatable bonds is 4. The zero-order valence-corrected chi connectivity index (χ0v) is 17.1. The summed E-state index contributed by atoms with van der Waals surface area (Å²) < 4.78 is 1.91. The Hall–Kier alpha value is -1.91. The first kappa shape index (κ1) is 18.5. The van der Waals surface area contributed by atoms with Crippen molar-refractivity contribution in [2.24, 2.45) is 0 Å². The van der Waals surface area contributed by atoms with Crippen LogP contribution in [-0.4, -0.2) is 20.8 Å². The summed E-state index contributed by atoms with van der Waals surface area (Å²) in [7, 11) is 0. The van der Waals surface area contributed by atoms with Gasteiger partial charge in [0.2, 0.25) is 0 Å². The first-order valence-corrected chi connectivity index (χ1v) is 10.2. The lowest BCUT2D eigenvalue weighted by Gasteiger charge is -2.16. The smallest absolute Gasteiger partial charge is 0.164 e. The minimum absolute atomic E-state index is 0.0794. The molecule has 142 valence electrons. The van der Waals surface area contributed by atoms with Crippen LogP contribution in [0.2, 0.25) is 5.15 Å². The van der Waals surface area contributed by atoms with Gasteiger partial charge in [-0.2, -0.15) is 5.10 Å². The topological polar surface area (TPSA) is 42.7 Å². The Balaban J connectivity index is 1.79. The molecule has 1 aliphatic carbocycles. The van der Waals surface area contributed by atoms with Gasteiger partial charge in [-0.1, -0.05) is 63.4 Å². The molecule has 0 spiro atoms. The molecular formula is C22H27ClN4. The lowest BCUT2D eigenvalue weighted by atomic mass is 9.90. The van der Waals surface area contributed by atoms with E-state index in [9.17, 15) is 0 Å². The maximum Gasteiger partial charge on any atom is 0.164 e. The number of aromatic nitrogens is 3. The van der Waals surface area contributed by atoms with E-state index in [2.05, 4.69) is 32.2 Å². The zero-order valence-electron chi connectivity index (χ0n) is 16.3. The van der Waals surface area contributed by atoms with Crippen LogP contribution in [0.5, 0.6) is 0 Å². The fraction of sp³-hybridized carbons (Fsp3) is 0.455. The van der Waals surface area contributed by atoms with E-state index in [1.54, 1.807) is 0 Å². The molecule has 2 aromatic heterocycles. The van der Waals surface area contributed by atoms with Crippen LogP contribution in [0.25, 0.3) is 16.7 Å². The lowest BCUT2D eigenvalue weighted by Crippen LogP contribution is -2.25. The summed E-state index contributed by atoms with van der Waals surface area (Å²) in [5.74, 6) is 0. The lowest BCUT2D eigenvalue weighted by molar-refractivity contribution is 0.524. The summed E-state index contributed by atoms with van der Waals surface area (Å²) in [5.41, 5.74) is 3.84. The molecule has 1 fully saturated rings. The predicted molar refractivity (Wildman–Crippen MR) is 112 cm³/mol. The van der Waals surface area contributed by atoms with Gasteiger partial charge in [0, 0.05) is 29.0 Å². The molecule has 1 N–H and O–H groups in total. The van der Waals surface area contributed by atoms with Crippen molar-refractivity contribution in [3.05, 3.63) is 52.8 Å². The fourth-order valence-corrected chi connectivity index (χ4v) is 4.07. The minimum atomic E-state index is -0.0794. The Labute approximate surface area is 165 Å². The third-order valence-corrected chi connectivity index (χ3v) is 5.66. The summed E-state index contributed by atoms with van der Waals surface area (Å²) in [4.78, 5) is 4.76. The van der Waals surface area contributed by atoms with E-state index in [0.29, 0.717) is 11.2 Å². The van der Waals surface area contributed by atoms with Crippen molar-refractivity contribution >= 4 is 22.6 Å². The van der Waals surface area contributed by atoms with E-state index in [-0.39, 0.29) is 5.41 Å². The zero-order chi connectivity index (χ0) is 19.0. The van der Waals surface area contributed by atoms with Gasteiger partial charge in [0.05, 0.1) is 11.4 Å². The number of para-hydroxylation sites is 1. The molecule has 4 nitrogen and oxygen atoms in total. The molecule has 27 heavy (non-hydrogen) atoms. The first-order valence-electron chi connectivity index (χ1n) is 9.81. The Kier molecular flexibility index (Phi) is 4.95. The van der Waals surface area contributed by atoms with Crippen molar-refractivity contribution in [3.8, 4) is 5.69 Å². The van der Waals surface area contributed by atoms with Gasteiger partial charge >= 0.3 is 0 Å². The van der Waals surface area contributed by atoms with E-state index in [1.165, 1.54) is 25.7 Å². The number of hydrogen-bond donors (Lipinski definition) is 1. The molecule has 1 saturated carbocycles. The van der Waals surface area contributed by atoms with Crippen LogP contribution in [0, 0.1) is 0 Å². The van der Waals surface area contributed by atoms with E-state index < -0.39 is 0 Å². The number of halogens is 1. The summed E-state index contributed by atoms with van der Waals surface area (Å²) >= 11 is 6.58. The quantitative estimate of drug-likeness (QED) is 0.614. The molecule has 0 bridgehead atoms. The van der Waals surface area contributed by atoms with Crippen molar-refractivity contribution in [1.82, 2.24) is 20.1 Å². The molecule has 3 aromatic rings. The van der Waals surface area contributed by atoms with E-state index >= 15 is 0 Å². The highest BCUT2D eigenvalue weighted by Gasteiger charge is 2.25. The third kappa shape index (κ3) is 3.74. The number of nitrogens with zero attached hydrogens (tertiary/aromatic N) is 3. The first-order chi connectivity index (χ1) is 12.9. The highest BCUT2D eigenvalue weighted by atomic mass is 35.5. The van der Waals surface area contributed by atoms with E-state index in [4.69, 9.17) is 21.7 Å². The van der Waals surface area contributed by atoms with Crippen LogP contribution >= 0.6 is 11.6 Å². The van der Waals surface area contributed by atoms with Crippen molar-refractivity contribution in [2.75, 3.05) is 0 Å². The Morgan fingerprint density at radius 2 is 1.85 bits per heavy atom. The second kappa shape index (κ2) is 7.25. The van der Waals surface area contributed by atoms with Gasteiger partial charge in [0.15, 0.2) is 5.65 Å². The van der Waals surface area contributed by atoms with Crippen LogP contribution in [0.1, 0.15) is 57.7 Å². The second-order valence-electron chi connectivity index (χ2n) is 8.52. The molecule has 4 rings (SSSR count). The molecule has 1 aromatic carbocycles. The van der Waals surface area contributed by atoms with Gasteiger partial charge in [-0.25, -0.2) is 9.67 Å². The van der Waals surface area contributed by atoms with Crippen molar-refractivity contribution in [3.63, 3.8) is 0 Å². The molecule has 0 aliphatic heterocycles. The largest absolute Gasteiger partial charge is 0.310 e. The van der Waals surface area contributed by atoms with Crippen LogP contribution < -0.4 is 5.32 Å². The van der Waals surface area contributed by atoms with Crippen LogP contribution in [-0.2, 0) is 12.0 Å². The van der Waals surface area contributed by atoms with Gasteiger partial charge in [0.1, 0.15) is 5.15 Å². The molecule has 0 radical (unpaired) electrons. The summed E-state index contributed by atoms with van der Waals surface area (Å²) in [6, 6.07) is 12.9. The van der Waals surface area contributed by atoms with Crippen LogP contribution in [0.3, 0.4) is 0 Å². The SMILES string of the molecule is CC(C)(C)c1nn(-c2ccccc2)c2nc(Cl)c(CNC3CCCC3)cc12. The molecule has 5 heteroatoms. The average molecular weight is 383 g/mol. The maximum atomic E-state index is 6.58. The fourth-order valence-electron chi connectivity index (χ4n) is 3.87. The molecule has 0 atom stereocenters. The van der Waals surface area contributed by atoms with E-state index in [1.807, 2.05) is 35.0 Å². The molecule has 1 aliphatic rings. The Morgan fingerprint density at radius 1 is 1.15 bits per heavy atom. The second-order valence-corrected chi connectivity index (χ2v) is 8.88. The molecule has 0 amide bonds. The Morgan fingerprint density at radius 3 is 2.52 bits per heavy atom. The monoisotopic (exact) mass is 382 g/mol. The van der Waals surface area contributed by atoms with Crippen molar-refractivity contribution in [1.29, 1.82) is 0 Å². The predicted octanol–water partition coefficient (Wildman–Crippen LogP) is 5.40. The molecular weight excluding hydrogens is 356 g/mol.